The molecule has 1 atom stereocenters. The second-order valence-corrected chi connectivity index (χ2v) is 1.49. The average molecular weight is 172 g/mol. The number of hydrogen-bond acceptors (Lipinski definition) is 1. The van der Waals surface area contributed by atoms with Crippen LogP contribution in [-0.2, 0) is 4.74 Å². The molecule has 0 heterocycles. The Morgan fingerprint density at radius 1 is 1.36 bits per heavy atom. The van der Waals surface area contributed by atoms with Gasteiger partial charge in [-0.05, 0) is 6.92 Å². The average Bonchev–Trinajstić information content (AvgIpc) is 1.64. The molecule has 1 unspecified atom stereocenters. The van der Waals surface area contributed by atoms with Crippen LogP contribution in [0.5, 0.6) is 0 Å². The van der Waals surface area contributed by atoms with Crippen LogP contribution in [-0.4, -0.2) is 12.3 Å². The van der Waals surface area contributed by atoms with Crippen molar-refractivity contribution in [1.82, 2.24) is 0 Å². The van der Waals surface area contributed by atoms with Crippen molar-refractivity contribution in [3.05, 3.63) is 12.8 Å². The van der Waals surface area contributed by atoms with Crippen molar-refractivity contribution in [1.29, 1.82) is 0 Å². The van der Waals surface area contributed by atoms with Crippen molar-refractivity contribution in [2.45, 2.75) is 34.1 Å². The highest BCUT2D eigenvalue weighted by Crippen LogP contribution is 2.21. The Kier molecular flexibility index (Phi) is 9.23. The Balaban J connectivity index is -0.000000320. The molecule has 0 fully saturated rings. The van der Waals surface area contributed by atoms with E-state index in [9.17, 15) is 13.2 Å². The second-order valence-electron chi connectivity index (χ2n) is 1.49. The van der Waals surface area contributed by atoms with Gasteiger partial charge in [-0.1, -0.05) is 21.4 Å². The Bertz CT molecular complexity index is 98.3. The van der Waals surface area contributed by atoms with Gasteiger partial charge in [0.25, 0.3) is 0 Å². The van der Waals surface area contributed by atoms with Gasteiger partial charge in [0.2, 0.25) is 0 Å². The summed E-state index contributed by atoms with van der Waals surface area (Å²) in [6.07, 6.45) is -5.26. The van der Waals surface area contributed by atoms with E-state index in [1.807, 2.05) is 0 Å². The molecule has 4 heteroatoms. The molecular weight excluding hydrogens is 157 g/mol. The largest absolute Gasteiger partial charge is 0.489 e. The maximum Gasteiger partial charge on any atom is 0.425 e. The fourth-order valence-electron chi connectivity index (χ4n) is 0.221. The molecule has 0 spiro atoms. The molecule has 1 nitrogen and oxygen atoms in total. The molecule has 0 saturated carbocycles. The first-order valence-electron chi connectivity index (χ1n) is 2.31. The van der Waals surface area contributed by atoms with E-state index >= 15 is 0 Å². The van der Waals surface area contributed by atoms with Crippen molar-refractivity contribution >= 4 is 0 Å². The molecule has 0 aliphatic heterocycles. The molecule has 0 rings (SSSR count). The Hall–Kier alpha value is -0.670. The first kappa shape index (κ1) is 16.7. The summed E-state index contributed by atoms with van der Waals surface area (Å²) in [5, 5.41) is 0. The lowest BCUT2D eigenvalue weighted by molar-refractivity contribution is -0.199. The quantitative estimate of drug-likeness (QED) is 0.580. The van der Waals surface area contributed by atoms with Crippen LogP contribution in [0.1, 0.15) is 21.8 Å². The summed E-state index contributed by atoms with van der Waals surface area (Å²) in [6, 6.07) is 0. The zero-order chi connectivity index (χ0) is 7.49. The standard InChI is InChI=1S/C5H7F3O.2CH4/c1-3-9-4(2)5(6,7)8;;/h3-4H,1H2,2H3;2*1H4. The van der Waals surface area contributed by atoms with Crippen LogP contribution in [0.2, 0.25) is 0 Å². The van der Waals surface area contributed by atoms with Crippen LogP contribution in [0.3, 0.4) is 0 Å². The number of hydrogen-bond donors (Lipinski definition) is 0. The summed E-state index contributed by atoms with van der Waals surface area (Å²) in [7, 11) is 0. The molecule has 0 aromatic carbocycles. The maximum atomic E-state index is 11.5. The van der Waals surface area contributed by atoms with Crippen LogP contribution < -0.4 is 0 Å². The third-order valence-electron chi connectivity index (χ3n) is 0.761. The number of alkyl halides is 3. The van der Waals surface area contributed by atoms with Crippen molar-refractivity contribution in [3.63, 3.8) is 0 Å². The van der Waals surface area contributed by atoms with Crippen LogP contribution in [0.25, 0.3) is 0 Å². The zero-order valence-electron chi connectivity index (χ0n) is 4.90. The molecule has 0 saturated heterocycles. The van der Waals surface area contributed by atoms with E-state index in [1.54, 1.807) is 0 Å². The van der Waals surface area contributed by atoms with Crippen molar-refractivity contribution < 1.29 is 17.9 Å². The van der Waals surface area contributed by atoms with Gasteiger partial charge >= 0.3 is 6.18 Å². The molecule has 0 radical (unpaired) electrons. The number of rotatable bonds is 2. The van der Waals surface area contributed by atoms with Gasteiger partial charge in [-0.2, -0.15) is 13.2 Å². The maximum absolute atomic E-state index is 11.5. The van der Waals surface area contributed by atoms with E-state index in [2.05, 4.69) is 11.3 Å². The Morgan fingerprint density at radius 3 is 1.82 bits per heavy atom. The molecule has 11 heavy (non-hydrogen) atoms. The number of halogens is 3. The van der Waals surface area contributed by atoms with Gasteiger partial charge in [0.1, 0.15) is 0 Å². The third kappa shape index (κ3) is 7.22. The fourth-order valence-corrected chi connectivity index (χ4v) is 0.221. The fraction of sp³-hybridized carbons (Fsp3) is 0.714. The molecular formula is C7H15F3O. The molecule has 0 N–H and O–H groups in total. The van der Waals surface area contributed by atoms with Gasteiger partial charge in [0.15, 0.2) is 6.10 Å². The van der Waals surface area contributed by atoms with Gasteiger partial charge in [-0.15, -0.1) is 0 Å². The van der Waals surface area contributed by atoms with Crippen molar-refractivity contribution in [3.8, 4) is 0 Å². The Morgan fingerprint density at radius 2 is 1.73 bits per heavy atom. The Labute approximate surface area is 65.9 Å². The predicted octanol–water partition coefficient (Wildman–Crippen LogP) is 3.37. The van der Waals surface area contributed by atoms with Gasteiger partial charge < -0.3 is 4.74 Å². The number of ether oxygens (including phenoxy) is 1. The molecule has 0 amide bonds. The van der Waals surface area contributed by atoms with Gasteiger partial charge in [-0.25, -0.2) is 0 Å². The second kappa shape index (κ2) is 6.07. The lowest BCUT2D eigenvalue weighted by atomic mass is 10.4. The summed E-state index contributed by atoms with van der Waals surface area (Å²) in [6.45, 7) is 3.91. The molecule has 0 aliphatic rings. The topological polar surface area (TPSA) is 9.23 Å². The zero-order valence-corrected chi connectivity index (χ0v) is 4.90. The third-order valence-corrected chi connectivity index (χ3v) is 0.761. The monoisotopic (exact) mass is 172 g/mol. The van der Waals surface area contributed by atoms with E-state index in [1.165, 1.54) is 0 Å². The highest BCUT2D eigenvalue weighted by molar-refractivity contribution is 4.64. The highest BCUT2D eigenvalue weighted by Gasteiger charge is 2.37. The van der Waals surface area contributed by atoms with Gasteiger partial charge in [-0.3, -0.25) is 0 Å². The SMILES string of the molecule is C.C.C=COC(C)C(F)(F)F. The van der Waals surface area contributed by atoms with Crippen LogP contribution in [0.4, 0.5) is 13.2 Å². The molecule has 0 aliphatic carbocycles. The molecule has 0 aromatic rings. The minimum Gasteiger partial charge on any atom is -0.489 e. The van der Waals surface area contributed by atoms with Crippen LogP contribution in [0.15, 0.2) is 12.8 Å². The lowest BCUT2D eigenvalue weighted by Crippen LogP contribution is -2.26. The van der Waals surface area contributed by atoms with E-state index in [0.29, 0.717) is 0 Å². The van der Waals surface area contributed by atoms with E-state index in [-0.39, 0.29) is 14.9 Å². The van der Waals surface area contributed by atoms with E-state index in [0.717, 1.165) is 13.2 Å². The van der Waals surface area contributed by atoms with Crippen LogP contribution >= 0.6 is 0 Å². The van der Waals surface area contributed by atoms with Crippen molar-refractivity contribution in [2.75, 3.05) is 0 Å². The van der Waals surface area contributed by atoms with E-state index < -0.39 is 12.3 Å². The van der Waals surface area contributed by atoms with E-state index in [4.69, 9.17) is 0 Å². The minimum atomic E-state index is -4.28. The summed E-state index contributed by atoms with van der Waals surface area (Å²) in [4.78, 5) is 0. The minimum absolute atomic E-state index is 0. The molecule has 0 bridgehead atoms. The summed E-state index contributed by atoms with van der Waals surface area (Å²) >= 11 is 0. The van der Waals surface area contributed by atoms with Gasteiger partial charge in [0, 0.05) is 0 Å². The lowest BCUT2D eigenvalue weighted by Gasteiger charge is -2.13. The smallest absolute Gasteiger partial charge is 0.425 e. The first-order chi connectivity index (χ1) is 3.98. The molecule has 0 aromatic heterocycles. The first-order valence-corrected chi connectivity index (χ1v) is 2.31. The van der Waals surface area contributed by atoms with Crippen molar-refractivity contribution in [2.24, 2.45) is 0 Å². The summed E-state index contributed by atoms with van der Waals surface area (Å²) < 4.78 is 38.4. The predicted molar refractivity (Wildman–Crippen MR) is 40.3 cm³/mol. The molecule has 70 valence electrons. The highest BCUT2D eigenvalue weighted by atomic mass is 19.4. The van der Waals surface area contributed by atoms with Gasteiger partial charge in [0.05, 0.1) is 6.26 Å². The normalized spacial score (nSPS) is 12.0. The van der Waals surface area contributed by atoms with Crippen LogP contribution in [0, 0.1) is 0 Å². The summed E-state index contributed by atoms with van der Waals surface area (Å²) in [5.41, 5.74) is 0. The summed E-state index contributed by atoms with van der Waals surface area (Å²) in [5.74, 6) is 0.